The molecule has 0 atom stereocenters. The van der Waals surface area contributed by atoms with Gasteiger partial charge in [-0.15, -0.1) is 23.1 Å². The number of carbonyl (C=O) groups excluding carboxylic acids is 2. The van der Waals surface area contributed by atoms with Crippen molar-refractivity contribution in [2.75, 3.05) is 18.2 Å². The second-order valence-corrected chi connectivity index (χ2v) is 8.26. The molecule has 1 aliphatic carbocycles. The van der Waals surface area contributed by atoms with Crippen LogP contribution in [0, 0.1) is 0 Å². The lowest BCUT2D eigenvalue weighted by Gasteiger charge is -2.11. The predicted molar refractivity (Wildman–Crippen MR) is 103 cm³/mol. The van der Waals surface area contributed by atoms with Crippen molar-refractivity contribution in [3.05, 3.63) is 45.8 Å². The van der Waals surface area contributed by atoms with Gasteiger partial charge in [-0.05, 0) is 55.2 Å². The van der Waals surface area contributed by atoms with Gasteiger partial charge in [0.05, 0.1) is 12.7 Å². The largest absolute Gasteiger partial charge is 0.465 e. The van der Waals surface area contributed by atoms with Gasteiger partial charge in [0.15, 0.2) is 0 Å². The number of esters is 1. The molecule has 0 saturated carbocycles. The number of methoxy groups -OCH3 is 1. The molecule has 2 aromatic rings. The molecule has 0 radical (unpaired) electrons. The average Bonchev–Trinajstić information content (AvgIpc) is 2.99. The lowest BCUT2D eigenvalue weighted by Crippen LogP contribution is -2.15. The quantitative estimate of drug-likeness (QED) is 0.604. The second-order valence-electron chi connectivity index (χ2n) is 5.82. The minimum atomic E-state index is -0.370. The first kappa shape index (κ1) is 18.0. The summed E-state index contributed by atoms with van der Waals surface area (Å²) in [7, 11) is 1.38. The first-order chi connectivity index (χ1) is 12.1. The number of anilines is 1. The van der Waals surface area contributed by atoms with E-state index in [1.165, 1.54) is 23.3 Å². The van der Waals surface area contributed by atoms with Crippen molar-refractivity contribution in [2.24, 2.45) is 0 Å². The number of hydrogen-bond donors (Lipinski definition) is 1. The zero-order chi connectivity index (χ0) is 17.8. The van der Waals surface area contributed by atoms with Gasteiger partial charge in [0.1, 0.15) is 5.00 Å². The van der Waals surface area contributed by atoms with Crippen LogP contribution >= 0.6 is 23.1 Å². The highest BCUT2D eigenvalue weighted by atomic mass is 32.2. The minimum Gasteiger partial charge on any atom is -0.465 e. The van der Waals surface area contributed by atoms with Crippen LogP contribution in [0.15, 0.2) is 29.2 Å². The molecule has 1 amide bonds. The zero-order valence-electron chi connectivity index (χ0n) is 14.4. The van der Waals surface area contributed by atoms with E-state index in [2.05, 4.69) is 12.2 Å². The number of ether oxygens (including phenoxy) is 1. The molecule has 1 aromatic carbocycles. The Hall–Kier alpha value is -1.79. The number of benzene rings is 1. The molecule has 0 spiro atoms. The van der Waals surface area contributed by atoms with E-state index < -0.39 is 0 Å². The summed E-state index contributed by atoms with van der Waals surface area (Å²) in [5, 5.41) is 3.55. The third-order valence-electron chi connectivity index (χ3n) is 4.20. The van der Waals surface area contributed by atoms with E-state index in [0.29, 0.717) is 16.1 Å². The van der Waals surface area contributed by atoms with Crippen LogP contribution in [0.2, 0.25) is 0 Å². The normalized spacial score (nSPS) is 13.2. The molecule has 1 aliphatic rings. The van der Waals surface area contributed by atoms with E-state index in [-0.39, 0.29) is 11.9 Å². The van der Waals surface area contributed by atoms with Crippen LogP contribution in [0.1, 0.15) is 50.9 Å². The smallest absolute Gasteiger partial charge is 0.341 e. The average molecular weight is 376 g/mol. The number of thioether (sulfide) groups is 1. The maximum Gasteiger partial charge on any atom is 0.341 e. The summed E-state index contributed by atoms with van der Waals surface area (Å²) < 4.78 is 4.95. The van der Waals surface area contributed by atoms with E-state index in [4.69, 9.17) is 4.74 Å². The van der Waals surface area contributed by atoms with Crippen LogP contribution in [-0.2, 0) is 17.6 Å². The number of hydrogen-bond acceptors (Lipinski definition) is 5. The van der Waals surface area contributed by atoms with Crippen molar-refractivity contribution in [3.63, 3.8) is 0 Å². The van der Waals surface area contributed by atoms with E-state index in [1.807, 2.05) is 18.2 Å². The summed E-state index contributed by atoms with van der Waals surface area (Å²) >= 11 is 3.20. The molecule has 0 fully saturated rings. The van der Waals surface area contributed by atoms with Crippen LogP contribution in [0.25, 0.3) is 0 Å². The molecular formula is C19H21NO3S2. The molecule has 1 aromatic heterocycles. The summed E-state index contributed by atoms with van der Waals surface area (Å²) in [5.41, 5.74) is 2.18. The van der Waals surface area contributed by atoms with Crippen molar-refractivity contribution in [2.45, 2.75) is 37.5 Å². The van der Waals surface area contributed by atoms with Gasteiger partial charge in [0.25, 0.3) is 5.91 Å². The number of aryl methyl sites for hydroxylation is 1. The third kappa shape index (κ3) is 3.90. The van der Waals surface area contributed by atoms with E-state index >= 15 is 0 Å². The summed E-state index contributed by atoms with van der Waals surface area (Å²) in [5.74, 6) is 0.391. The Labute approximate surface area is 156 Å². The number of fused-ring (bicyclic) bond motifs is 1. The van der Waals surface area contributed by atoms with Gasteiger partial charge in [-0.3, -0.25) is 4.79 Å². The van der Waals surface area contributed by atoms with E-state index in [0.717, 1.165) is 41.9 Å². The van der Waals surface area contributed by atoms with Crippen LogP contribution in [0.3, 0.4) is 0 Å². The predicted octanol–water partition coefficient (Wildman–Crippen LogP) is 4.78. The lowest BCUT2D eigenvalue weighted by molar-refractivity contribution is 0.0601. The van der Waals surface area contributed by atoms with Crippen molar-refractivity contribution in [1.82, 2.24) is 0 Å². The highest BCUT2D eigenvalue weighted by Crippen LogP contribution is 2.38. The molecule has 1 heterocycles. The zero-order valence-corrected chi connectivity index (χ0v) is 16.0. The molecule has 1 N–H and O–H groups in total. The first-order valence-electron chi connectivity index (χ1n) is 8.41. The lowest BCUT2D eigenvalue weighted by atomic mass is 9.95. The maximum absolute atomic E-state index is 12.7. The minimum absolute atomic E-state index is 0.192. The molecule has 4 nitrogen and oxygen atoms in total. The van der Waals surface area contributed by atoms with Gasteiger partial charge in [0.2, 0.25) is 0 Å². The standard InChI is InChI=1S/C19H21NO3S2/c1-3-24-13-8-6-7-12(11-13)17(21)20-18-16(19(22)23-2)14-9-4-5-10-15(14)25-18/h6-8,11H,3-5,9-10H2,1-2H3,(H,20,21). The Balaban J connectivity index is 1.89. The number of carbonyl (C=O) groups is 2. The Kier molecular flexibility index (Phi) is 5.81. The van der Waals surface area contributed by atoms with Gasteiger partial charge in [0, 0.05) is 15.3 Å². The molecule has 0 bridgehead atoms. The van der Waals surface area contributed by atoms with Crippen LogP contribution in [0.5, 0.6) is 0 Å². The summed E-state index contributed by atoms with van der Waals surface area (Å²) in [6.45, 7) is 2.08. The molecule has 3 rings (SSSR count). The number of thiophene rings is 1. The third-order valence-corrected chi connectivity index (χ3v) is 6.28. The van der Waals surface area contributed by atoms with E-state index in [1.54, 1.807) is 17.8 Å². The van der Waals surface area contributed by atoms with Crippen LogP contribution < -0.4 is 5.32 Å². The maximum atomic E-state index is 12.7. The number of nitrogens with one attached hydrogen (secondary N) is 1. The molecule has 25 heavy (non-hydrogen) atoms. The van der Waals surface area contributed by atoms with Gasteiger partial charge in [-0.1, -0.05) is 13.0 Å². The Morgan fingerprint density at radius 3 is 2.84 bits per heavy atom. The summed E-state index contributed by atoms with van der Waals surface area (Å²) in [6.07, 6.45) is 4.02. The molecular weight excluding hydrogens is 354 g/mol. The Morgan fingerprint density at radius 2 is 2.08 bits per heavy atom. The van der Waals surface area contributed by atoms with E-state index in [9.17, 15) is 9.59 Å². The molecule has 6 heteroatoms. The van der Waals surface area contributed by atoms with Gasteiger partial charge < -0.3 is 10.1 Å². The van der Waals surface area contributed by atoms with Crippen LogP contribution in [-0.4, -0.2) is 24.7 Å². The van der Waals surface area contributed by atoms with Gasteiger partial charge in [-0.25, -0.2) is 4.79 Å². The van der Waals surface area contributed by atoms with Crippen molar-refractivity contribution < 1.29 is 14.3 Å². The summed E-state index contributed by atoms with van der Waals surface area (Å²) in [4.78, 5) is 27.2. The highest BCUT2D eigenvalue weighted by Gasteiger charge is 2.27. The Bertz CT molecular complexity index is 798. The fourth-order valence-corrected chi connectivity index (χ4v) is 5.03. The number of amides is 1. The summed E-state index contributed by atoms with van der Waals surface area (Å²) in [6, 6.07) is 7.55. The van der Waals surface area contributed by atoms with Crippen molar-refractivity contribution >= 4 is 40.0 Å². The monoisotopic (exact) mass is 375 g/mol. The fourth-order valence-electron chi connectivity index (χ4n) is 3.04. The fraction of sp³-hybridized carbons (Fsp3) is 0.368. The van der Waals surface area contributed by atoms with Gasteiger partial charge in [-0.2, -0.15) is 0 Å². The number of rotatable bonds is 5. The molecule has 0 unspecified atom stereocenters. The molecule has 0 aliphatic heterocycles. The molecule has 132 valence electrons. The van der Waals surface area contributed by atoms with Gasteiger partial charge >= 0.3 is 5.97 Å². The first-order valence-corrected chi connectivity index (χ1v) is 10.2. The Morgan fingerprint density at radius 1 is 1.28 bits per heavy atom. The topological polar surface area (TPSA) is 55.4 Å². The van der Waals surface area contributed by atoms with Crippen LogP contribution in [0.4, 0.5) is 5.00 Å². The van der Waals surface area contributed by atoms with Crippen molar-refractivity contribution in [3.8, 4) is 0 Å². The SMILES string of the molecule is CCSc1cccc(C(=O)Nc2sc3c(c2C(=O)OC)CCCC3)c1. The van der Waals surface area contributed by atoms with Crippen molar-refractivity contribution in [1.29, 1.82) is 0 Å². The molecule has 0 saturated heterocycles. The second kappa shape index (κ2) is 8.06. The highest BCUT2D eigenvalue weighted by molar-refractivity contribution is 7.99.